The first-order chi connectivity index (χ1) is 9.56. The van der Waals surface area contributed by atoms with E-state index >= 15 is 0 Å². The lowest BCUT2D eigenvalue weighted by Crippen LogP contribution is -2.41. The minimum atomic E-state index is -0.0759. The number of hydrogen-bond donors (Lipinski definition) is 2. The van der Waals surface area contributed by atoms with E-state index in [1.807, 2.05) is 7.05 Å². The molecule has 0 saturated carbocycles. The molecule has 1 aromatic carbocycles. The van der Waals surface area contributed by atoms with E-state index in [2.05, 4.69) is 10.2 Å². The maximum Gasteiger partial charge on any atom is 0.238 e. The Hall–Kier alpha value is -1.30. The number of ether oxygens (including phenoxy) is 1. The van der Waals surface area contributed by atoms with Gasteiger partial charge in [0.25, 0.3) is 0 Å². The molecule has 5 nitrogen and oxygen atoms in total. The molecule has 6 heteroatoms. The number of rotatable bonds is 4. The Kier molecular flexibility index (Phi) is 5.23. The Morgan fingerprint density at radius 3 is 2.85 bits per heavy atom. The zero-order chi connectivity index (χ0) is 14.5. The molecule has 1 aromatic rings. The van der Waals surface area contributed by atoms with Crippen molar-refractivity contribution in [1.82, 2.24) is 4.90 Å². The molecule has 0 bridgehead atoms. The van der Waals surface area contributed by atoms with E-state index in [0.29, 0.717) is 29.0 Å². The summed E-state index contributed by atoms with van der Waals surface area (Å²) in [6, 6.07) is 5.44. The zero-order valence-electron chi connectivity index (χ0n) is 11.6. The van der Waals surface area contributed by atoms with Crippen molar-refractivity contribution in [3.63, 3.8) is 0 Å². The first kappa shape index (κ1) is 15.1. The second-order valence-corrected chi connectivity index (χ2v) is 5.47. The molecule has 1 saturated heterocycles. The number of nitrogens with zero attached hydrogens (tertiary/aromatic N) is 1. The van der Waals surface area contributed by atoms with Crippen LogP contribution in [0.4, 0.5) is 11.4 Å². The number of amides is 1. The number of carbonyl (C=O) groups excluding carboxylic acids is 1. The van der Waals surface area contributed by atoms with Gasteiger partial charge in [-0.2, -0.15) is 0 Å². The molecule has 0 spiro atoms. The first-order valence-corrected chi connectivity index (χ1v) is 7.07. The van der Waals surface area contributed by atoms with Gasteiger partial charge in [-0.1, -0.05) is 11.6 Å². The van der Waals surface area contributed by atoms with Crippen LogP contribution in [-0.4, -0.2) is 43.7 Å². The van der Waals surface area contributed by atoms with E-state index < -0.39 is 0 Å². The van der Waals surface area contributed by atoms with Crippen LogP contribution in [0.15, 0.2) is 18.2 Å². The highest BCUT2D eigenvalue weighted by molar-refractivity contribution is 6.31. The van der Waals surface area contributed by atoms with Crippen molar-refractivity contribution in [1.29, 1.82) is 0 Å². The summed E-state index contributed by atoms with van der Waals surface area (Å²) in [6.07, 6.45) is 1.93. The van der Waals surface area contributed by atoms with Gasteiger partial charge >= 0.3 is 0 Å². The Bertz CT molecular complexity index is 475. The van der Waals surface area contributed by atoms with Crippen LogP contribution in [0.2, 0.25) is 5.02 Å². The number of likely N-dealkylation sites (N-methyl/N-ethyl adjacent to an activating group) is 1. The average molecular weight is 298 g/mol. The first-order valence-electron chi connectivity index (χ1n) is 6.69. The van der Waals surface area contributed by atoms with Gasteiger partial charge in [-0.25, -0.2) is 0 Å². The van der Waals surface area contributed by atoms with Crippen molar-refractivity contribution < 1.29 is 9.53 Å². The molecule has 110 valence electrons. The van der Waals surface area contributed by atoms with Crippen LogP contribution in [0.3, 0.4) is 0 Å². The molecule has 2 rings (SSSR count). The second-order valence-electron chi connectivity index (χ2n) is 5.04. The van der Waals surface area contributed by atoms with Gasteiger partial charge in [-0.05, 0) is 38.1 Å². The van der Waals surface area contributed by atoms with Crippen LogP contribution in [0.5, 0.6) is 0 Å². The molecule has 0 atom stereocenters. The number of benzene rings is 1. The summed E-state index contributed by atoms with van der Waals surface area (Å²) in [5, 5.41) is 3.37. The maximum absolute atomic E-state index is 12.0. The van der Waals surface area contributed by atoms with E-state index in [0.717, 1.165) is 26.1 Å². The normalized spacial score (nSPS) is 16.4. The minimum Gasteiger partial charge on any atom is -0.397 e. The number of halogens is 1. The van der Waals surface area contributed by atoms with Gasteiger partial charge in [-0.15, -0.1) is 0 Å². The van der Waals surface area contributed by atoms with Gasteiger partial charge in [0.15, 0.2) is 0 Å². The predicted molar refractivity (Wildman–Crippen MR) is 81.0 cm³/mol. The van der Waals surface area contributed by atoms with Crippen molar-refractivity contribution >= 4 is 28.9 Å². The Morgan fingerprint density at radius 1 is 1.50 bits per heavy atom. The Balaban J connectivity index is 1.88. The van der Waals surface area contributed by atoms with Crippen molar-refractivity contribution in [2.45, 2.75) is 18.9 Å². The summed E-state index contributed by atoms with van der Waals surface area (Å²) < 4.78 is 5.32. The molecule has 1 aliphatic rings. The van der Waals surface area contributed by atoms with Gasteiger partial charge in [0, 0.05) is 24.3 Å². The number of carbonyl (C=O) groups is 1. The summed E-state index contributed by atoms with van der Waals surface area (Å²) in [5.74, 6) is -0.0759. The SMILES string of the molecule is CN(CC(=O)Nc1ccc(Cl)cc1N)C1CCOCC1. The van der Waals surface area contributed by atoms with Crippen molar-refractivity contribution in [2.24, 2.45) is 0 Å². The number of hydrogen-bond acceptors (Lipinski definition) is 4. The molecule has 0 aromatic heterocycles. The molecule has 1 heterocycles. The third kappa shape index (κ3) is 4.10. The lowest BCUT2D eigenvalue weighted by molar-refractivity contribution is -0.118. The molecule has 0 aliphatic carbocycles. The molecular weight excluding hydrogens is 278 g/mol. The smallest absolute Gasteiger partial charge is 0.238 e. The standard InChI is InChI=1S/C14H20ClN3O2/c1-18(11-4-6-20-7-5-11)9-14(19)17-13-3-2-10(15)8-12(13)16/h2-3,8,11H,4-7,9,16H2,1H3,(H,17,19). The highest BCUT2D eigenvalue weighted by atomic mass is 35.5. The largest absolute Gasteiger partial charge is 0.397 e. The molecular formula is C14H20ClN3O2. The summed E-state index contributed by atoms with van der Waals surface area (Å²) >= 11 is 5.83. The predicted octanol–water partition coefficient (Wildman–Crippen LogP) is 1.97. The van der Waals surface area contributed by atoms with E-state index in [1.54, 1.807) is 18.2 Å². The summed E-state index contributed by atoms with van der Waals surface area (Å²) in [5.41, 5.74) is 6.88. The third-order valence-electron chi connectivity index (χ3n) is 3.49. The number of anilines is 2. The van der Waals surface area contributed by atoms with Gasteiger partial charge in [0.05, 0.1) is 17.9 Å². The van der Waals surface area contributed by atoms with E-state index in [9.17, 15) is 4.79 Å². The van der Waals surface area contributed by atoms with Crippen LogP contribution < -0.4 is 11.1 Å². The Morgan fingerprint density at radius 2 is 2.20 bits per heavy atom. The topological polar surface area (TPSA) is 67.6 Å². The molecule has 1 amide bonds. The molecule has 0 radical (unpaired) electrons. The van der Waals surface area contributed by atoms with Crippen molar-refractivity contribution in [3.05, 3.63) is 23.2 Å². The van der Waals surface area contributed by atoms with Gasteiger partial charge in [0.1, 0.15) is 0 Å². The van der Waals surface area contributed by atoms with Crippen LogP contribution in [0, 0.1) is 0 Å². The quantitative estimate of drug-likeness (QED) is 0.834. The molecule has 1 aliphatic heterocycles. The van der Waals surface area contributed by atoms with E-state index in [1.165, 1.54) is 0 Å². The van der Waals surface area contributed by atoms with Crippen molar-refractivity contribution in [2.75, 3.05) is 37.9 Å². The van der Waals surface area contributed by atoms with Crippen molar-refractivity contribution in [3.8, 4) is 0 Å². The lowest BCUT2D eigenvalue weighted by Gasteiger charge is -2.30. The second kappa shape index (κ2) is 6.92. The lowest BCUT2D eigenvalue weighted by atomic mass is 10.1. The highest BCUT2D eigenvalue weighted by Gasteiger charge is 2.20. The summed E-state index contributed by atoms with van der Waals surface area (Å²) in [7, 11) is 1.96. The number of nitrogen functional groups attached to an aromatic ring is 1. The van der Waals surface area contributed by atoms with Gasteiger partial charge in [-0.3, -0.25) is 9.69 Å². The fourth-order valence-corrected chi connectivity index (χ4v) is 2.50. The fourth-order valence-electron chi connectivity index (χ4n) is 2.32. The van der Waals surface area contributed by atoms with Crippen LogP contribution >= 0.6 is 11.6 Å². The van der Waals surface area contributed by atoms with Crippen LogP contribution in [0.1, 0.15) is 12.8 Å². The fraction of sp³-hybridized carbons (Fsp3) is 0.500. The number of nitrogens with one attached hydrogen (secondary N) is 1. The van der Waals surface area contributed by atoms with Gasteiger partial charge in [0.2, 0.25) is 5.91 Å². The summed E-state index contributed by atoms with van der Waals surface area (Å²) in [6.45, 7) is 1.87. The molecule has 1 fully saturated rings. The minimum absolute atomic E-state index is 0.0759. The van der Waals surface area contributed by atoms with Gasteiger partial charge < -0.3 is 15.8 Å². The third-order valence-corrected chi connectivity index (χ3v) is 3.73. The van der Waals surface area contributed by atoms with Crippen LogP contribution in [0.25, 0.3) is 0 Å². The Labute approximate surface area is 124 Å². The monoisotopic (exact) mass is 297 g/mol. The molecule has 0 unspecified atom stereocenters. The van der Waals surface area contributed by atoms with Crippen LogP contribution in [-0.2, 0) is 9.53 Å². The van der Waals surface area contributed by atoms with E-state index in [4.69, 9.17) is 22.1 Å². The summed E-state index contributed by atoms with van der Waals surface area (Å²) in [4.78, 5) is 14.1. The average Bonchev–Trinajstić information content (AvgIpc) is 2.43. The van der Waals surface area contributed by atoms with E-state index in [-0.39, 0.29) is 5.91 Å². The maximum atomic E-state index is 12.0. The molecule has 3 N–H and O–H groups in total. The zero-order valence-corrected chi connectivity index (χ0v) is 12.3. The number of nitrogens with two attached hydrogens (primary N) is 1. The molecule has 20 heavy (non-hydrogen) atoms. The highest BCUT2D eigenvalue weighted by Crippen LogP contribution is 2.22.